The number of esters is 1. The average molecular weight is 392 g/mol. The van der Waals surface area contributed by atoms with Crippen LogP contribution in [0.25, 0.3) is 0 Å². The molecule has 0 aromatic heterocycles. The molecule has 0 radical (unpaired) electrons. The first-order valence-electron chi connectivity index (χ1n) is 7.36. The Balaban J connectivity index is 2.34. The fourth-order valence-corrected chi connectivity index (χ4v) is 2.58. The van der Waals surface area contributed by atoms with Crippen molar-refractivity contribution in [2.75, 3.05) is 12.4 Å². The molecule has 0 saturated heterocycles. The number of carbonyl (C=O) groups excluding carboxylic acids is 2. The van der Waals surface area contributed by atoms with Gasteiger partial charge in [-0.25, -0.2) is 4.79 Å². The predicted molar refractivity (Wildman–Crippen MR) is 96.1 cm³/mol. The number of halogens is 1. The van der Waals surface area contributed by atoms with Gasteiger partial charge in [0.15, 0.2) is 0 Å². The number of hydrogen-bond donors (Lipinski definition) is 1. The smallest absolute Gasteiger partial charge is 0.340 e. The molecule has 0 bridgehead atoms. The molecule has 2 rings (SSSR count). The van der Waals surface area contributed by atoms with Crippen molar-refractivity contribution in [1.29, 1.82) is 0 Å². The van der Waals surface area contributed by atoms with E-state index in [0.29, 0.717) is 32.8 Å². The molecule has 0 atom stereocenters. The summed E-state index contributed by atoms with van der Waals surface area (Å²) in [5.74, 6) is 0.587. The molecule has 2 aromatic carbocycles. The van der Waals surface area contributed by atoms with E-state index in [4.69, 9.17) is 9.47 Å². The van der Waals surface area contributed by atoms with Crippen LogP contribution in [-0.4, -0.2) is 25.4 Å². The van der Waals surface area contributed by atoms with Crippen LogP contribution in [0.15, 0.2) is 40.9 Å². The Hall–Kier alpha value is -2.34. The molecule has 2 aromatic rings. The van der Waals surface area contributed by atoms with E-state index in [1.807, 2.05) is 13.8 Å². The van der Waals surface area contributed by atoms with Gasteiger partial charge in [-0.15, -0.1) is 0 Å². The number of hydrogen-bond acceptors (Lipinski definition) is 5. The minimum Gasteiger partial charge on any atom is -0.465 e. The highest BCUT2D eigenvalue weighted by Crippen LogP contribution is 2.32. The van der Waals surface area contributed by atoms with E-state index >= 15 is 0 Å². The summed E-state index contributed by atoms with van der Waals surface area (Å²) >= 11 is 3.37. The van der Waals surface area contributed by atoms with Crippen LogP contribution in [0.3, 0.4) is 0 Å². The maximum absolute atomic E-state index is 12.0. The molecule has 126 valence electrons. The molecule has 5 nitrogen and oxygen atoms in total. The van der Waals surface area contributed by atoms with E-state index in [1.54, 1.807) is 36.4 Å². The second-order valence-electron chi connectivity index (χ2n) is 5.41. The highest BCUT2D eigenvalue weighted by Gasteiger charge is 2.15. The molecule has 0 aliphatic heterocycles. The third-order valence-corrected chi connectivity index (χ3v) is 3.78. The van der Waals surface area contributed by atoms with Crippen LogP contribution in [0.5, 0.6) is 11.5 Å². The number of nitrogens with one attached hydrogen (secondary N) is 1. The van der Waals surface area contributed by atoms with Gasteiger partial charge in [-0.05, 0) is 66.2 Å². The SMILES string of the molecule is COC(=O)c1cc(Oc2ccc(C=O)cc2Br)ccc1NC(C)C. The first-order valence-corrected chi connectivity index (χ1v) is 8.15. The zero-order chi connectivity index (χ0) is 17.7. The molecule has 1 N–H and O–H groups in total. The lowest BCUT2D eigenvalue weighted by Crippen LogP contribution is -2.14. The molecule has 0 fully saturated rings. The van der Waals surface area contributed by atoms with Crippen LogP contribution in [-0.2, 0) is 4.74 Å². The Kier molecular flexibility index (Phi) is 5.98. The number of benzene rings is 2. The standard InChI is InChI=1S/C18H18BrNO4/c1-11(2)20-16-6-5-13(9-14(16)18(22)23-3)24-17-7-4-12(10-21)8-15(17)19/h4-11,20H,1-3H3. The molecular formula is C18H18BrNO4. The highest BCUT2D eigenvalue weighted by atomic mass is 79.9. The second kappa shape index (κ2) is 7.97. The molecule has 0 unspecified atom stereocenters. The number of aldehydes is 1. The number of carbonyl (C=O) groups is 2. The highest BCUT2D eigenvalue weighted by molar-refractivity contribution is 9.10. The van der Waals surface area contributed by atoms with Crippen LogP contribution in [0.1, 0.15) is 34.6 Å². The summed E-state index contributed by atoms with van der Waals surface area (Å²) in [6.07, 6.45) is 0.760. The third kappa shape index (κ3) is 4.35. The fraction of sp³-hybridized carbons (Fsp3) is 0.222. The van der Waals surface area contributed by atoms with Crippen molar-refractivity contribution in [3.8, 4) is 11.5 Å². The zero-order valence-electron chi connectivity index (χ0n) is 13.6. The summed E-state index contributed by atoms with van der Waals surface area (Å²) in [5, 5.41) is 3.20. The Morgan fingerprint density at radius 3 is 2.54 bits per heavy atom. The predicted octanol–water partition coefficient (Wildman–Crippen LogP) is 4.66. The van der Waals surface area contributed by atoms with Gasteiger partial charge >= 0.3 is 5.97 Å². The summed E-state index contributed by atoms with van der Waals surface area (Å²) in [6.45, 7) is 3.97. The van der Waals surface area contributed by atoms with E-state index in [-0.39, 0.29) is 6.04 Å². The normalized spacial score (nSPS) is 10.4. The summed E-state index contributed by atoms with van der Waals surface area (Å²) in [5.41, 5.74) is 1.62. The molecular weight excluding hydrogens is 374 g/mol. The summed E-state index contributed by atoms with van der Waals surface area (Å²) in [6, 6.07) is 10.3. The lowest BCUT2D eigenvalue weighted by molar-refractivity contribution is 0.0601. The lowest BCUT2D eigenvalue weighted by atomic mass is 10.1. The number of ether oxygens (including phenoxy) is 2. The second-order valence-corrected chi connectivity index (χ2v) is 6.26. The average Bonchev–Trinajstić information content (AvgIpc) is 2.56. The third-order valence-electron chi connectivity index (χ3n) is 3.16. The molecule has 0 aliphatic rings. The minimum atomic E-state index is -0.445. The monoisotopic (exact) mass is 391 g/mol. The molecule has 24 heavy (non-hydrogen) atoms. The topological polar surface area (TPSA) is 64.6 Å². The van der Waals surface area contributed by atoms with Crippen molar-refractivity contribution >= 4 is 33.9 Å². The molecule has 0 saturated carbocycles. The molecule has 6 heteroatoms. The van der Waals surface area contributed by atoms with Crippen LogP contribution < -0.4 is 10.1 Å². The minimum absolute atomic E-state index is 0.171. The molecule has 0 heterocycles. The first-order chi connectivity index (χ1) is 11.4. The Bertz CT molecular complexity index is 759. The number of anilines is 1. The van der Waals surface area contributed by atoms with Gasteiger partial charge in [0.1, 0.15) is 17.8 Å². The van der Waals surface area contributed by atoms with Gasteiger partial charge in [-0.2, -0.15) is 0 Å². The first kappa shape index (κ1) is 18.0. The van der Waals surface area contributed by atoms with E-state index in [2.05, 4.69) is 21.2 Å². The molecule has 0 aliphatic carbocycles. The van der Waals surface area contributed by atoms with Gasteiger partial charge < -0.3 is 14.8 Å². The summed E-state index contributed by atoms with van der Waals surface area (Å²) < 4.78 is 11.3. The van der Waals surface area contributed by atoms with E-state index in [9.17, 15) is 9.59 Å². The van der Waals surface area contributed by atoms with E-state index in [0.717, 1.165) is 6.29 Å². The maximum atomic E-state index is 12.0. The van der Waals surface area contributed by atoms with Crippen molar-refractivity contribution in [1.82, 2.24) is 0 Å². The molecule has 0 spiro atoms. The van der Waals surface area contributed by atoms with Gasteiger partial charge in [-0.3, -0.25) is 4.79 Å². The quantitative estimate of drug-likeness (QED) is 0.572. The maximum Gasteiger partial charge on any atom is 0.340 e. The van der Waals surface area contributed by atoms with Crippen molar-refractivity contribution < 1.29 is 19.1 Å². The summed E-state index contributed by atoms with van der Waals surface area (Å²) in [7, 11) is 1.34. The van der Waals surface area contributed by atoms with Crippen molar-refractivity contribution in [3.05, 3.63) is 52.0 Å². The molecule has 0 amide bonds. The number of rotatable bonds is 6. The number of methoxy groups -OCH3 is 1. The van der Waals surface area contributed by atoms with Crippen LogP contribution >= 0.6 is 15.9 Å². The van der Waals surface area contributed by atoms with Crippen molar-refractivity contribution in [2.45, 2.75) is 19.9 Å². The van der Waals surface area contributed by atoms with Gasteiger partial charge in [0, 0.05) is 17.3 Å². The van der Waals surface area contributed by atoms with Crippen LogP contribution in [0.2, 0.25) is 0 Å². The van der Waals surface area contributed by atoms with E-state index in [1.165, 1.54) is 7.11 Å². The fourth-order valence-electron chi connectivity index (χ4n) is 2.10. The van der Waals surface area contributed by atoms with Crippen LogP contribution in [0, 0.1) is 0 Å². The van der Waals surface area contributed by atoms with Gasteiger partial charge in [-0.1, -0.05) is 0 Å². The summed E-state index contributed by atoms with van der Waals surface area (Å²) in [4.78, 5) is 22.8. The van der Waals surface area contributed by atoms with Crippen LogP contribution in [0.4, 0.5) is 5.69 Å². The Labute approximate surface area is 149 Å². The van der Waals surface area contributed by atoms with Gasteiger partial charge in [0.05, 0.1) is 17.1 Å². The lowest BCUT2D eigenvalue weighted by Gasteiger charge is -2.15. The van der Waals surface area contributed by atoms with Crippen molar-refractivity contribution in [2.24, 2.45) is 0 Å². The van der Waals surface area contributed by atoms with E-state index < -0.39 is 5.97 Å². The largest absolute Gasteiger partial charge is 0.465 e. The van der Waals surface area contributed by atoms with Gasteiger partial charge in [0.2, 0.25) is 0 Å². The zero-order valence-corrected chi connectivity index (χ0v) is 15.2. The Morgan fingerprint density at radius 2 is 1.96 bits per heavy atom. The van der Waals surface area contributed by atoms with Gasteiger partial charge in [0.25, 0.3) is 0 Å². The Morgan fingerprint density at radius 1 is 1.21 bits per heavy atom. The van der Waals surface area contributed by atoms with Crippen molar-refractivity contribution in [3.63, 3.8) is 0 Å².